The Balaban J connectivity index is 2.46. The monoisotopic (exact) mass is 369 g/mol. The molecule has 0 amide bonds. The van der Waals surface area contributed by atoms with Crippen LogP contribution in [0, 0.1) is 10.1 Å². The first-order chi connectivity index (χ1) is 12.0. The lowest BCUT2D eigenvalue weighted by Crippen LogP contribution is -2.50. The normalized spacial score (nSPS) is 12.2. The van der Waals surface area contributed by atoms with E-state index in [0.717, 1.165) is 0 Å². The molecular weight excluding hydrogens is 342 g/mol. The van der Waals surface area contributed by atoms with Crippen molar-refractivity contribution in [3.05, 3.63) is 22.5 Å². The van der Waals surface area contributed by atoms with E-state index >= 15 is 0 Å². The zero-order valence-electron chi connectivity index (χ0n) is 15.9. The number of nitrogens with one attached hydrogen (secondary N) is 2. The average molecular weight is 369 g/mol. The molecule has 26 heavy (non-hydrogen) atoms. The standard InChI is InChI=1S/C16H27N5O5/c1-6-12(22)15(2,3)18-8-10-26-19-16(4,5)13(23)11-20-9-7-17-14(20)21(24)25/h7,9,18-19H,6,8,10-11H2,1-5H3. The first kappa shape index (κ1) is 21.9. The SMILES string of the molecule is CCC(=O)C(C)(C)NCCONC(C)(C)C(=O)Cn1ccnc1[N+](=O)[O-]. The highest BCUT2D eigenvalue weighted by molar-refractivity contribution is 5.87. The fourth-order valence-electron chi connectivity index (χ4n) is 2.19. The summed E-state index contributed by atoms with van der Waals surface area (Å²) in [6, 6.07) is 0. The van der Waals surface area contributed by atoms with E-state index in [1.54, 1.807) is 27.7 Å². The Morgan fingerprint density at radius 3 is 2.50 bits per heavy atom. The van der Waals surface area contributed by atoms with E-state index < -0.39 is 16.0 Å². The van der Waals surface area contributed by atoms with Gasteiger partial charge in [-0.1, -0.05) is 11.9 Å². The predicted molar refractivity (Wildman–Crippen MR) is 94.4 cm³/mol. The van der Waals surface area contributed by atoms with Gasteiger partial charge in [0.25, 0.3) is 0 Å². The Labute approximate surface area is 152 Å². The average Bonchev–Trinajstić information content (AvgIpc) is 3.01. The van der Waals surface area contributed by atoms with Crippen molar-refractivity contribution in [3.8, 4) is 0 Å². The van der Waals surface area contributed by atoms with Crippen LogP contribution in [-0.2, 0) is 21.0 Å². The summed E-state index contributed by atoms with van der Waals surface area (Å²) in [5.41, 5.74) is 0.987. The molecule has 146 valence electrons. The first-order valence-electron chi connectivity index (χ1n) is 8.37. The van der Waals surface area contributed by atoms with Crippen LogP contribution in [0.3, 0.4) is 0 Å². The van der Waals surface area contributed by atoms with Gasteiger partial charge in [-0.25, -0.2) is 4.57 Å². The Hall–Kier alpha value is -2.17. The van der Waals surface area contributed by atoms with Crippen LogP contribution in [0.5, 0.6) is 0 Å². The lowest BCUT2D eigenvalue weighted by molar-refractivity contribution is -0.396. The number of nitro groups is 1. The maximum absolute atomic E-state index is 12.4. The number of imidazole rings is 1. The number of Topliss-reactive ketones (excluding diaryl/α,β-unsaturated/α-hetero) is 2. The number of ketones is 2. The Kier molecular flexibility index (Phi) is 7.54. The van der Waals surface area contributed by atoms with E-state index in [9.17, 15) is 19.7 Å². The molecule has 0 bridgehead atoms. The van der Waals surface area contributed by atoms with Crippen molar-refractivity contribution in [2.75, 3.05) is 13.2 Å². The highest BCUT2D eigenvalue weighted by atomic mass is 16.6. The number of rotatable bonds is 12. The van der Waals surface area contributed by atoms with E-state index in [4.69, 9.17) is 4.84 Å². The van der Waals surface area contributed by atoms with Crippen molar-refractivity contribution >= 4 is 17.5 Å². The number of nitrogens with zero attached hydrogens (tertiary/aromatic N) is 3. The fourth-order valence-corrected chi connectivity index (χ4v) is 2.19. The van der Waals surface area contributed by atoms with Crippen LogP contribution in [-0.4, -0.2) is 50.3 Å². The van der Waals surface area contributed by atoms with Gasteiger partial charge in [-0.3, -0.25) is 14.4 Å². The van der Waals surface area contributed by atoms with Crippen LogP contribution >= 0.6 is 0 Å². The molecule has 0 spiro atoms. The molecule has 2 N–H and O–H groups in total. The Bertz CT molecular complexity index is 653. The van der Waals surface area contributed by atoms with Gasteiger partial charge in [0.05, 0.1) is 17.7 Å². The molecule has 0 aromatic carbocycles. The quantitative estimate of drug-likeness (QED) is 0.317. The molecule has 0 aliphatic carbocycles. The van der Waals surface area contributed by atoms with Crippen molar-refractivity contribution in [3.63, 3.8) is 0 Å². The van der Waals surface area contributed by atoms with Crippen molar-refractivity contribution in [2.45, 2.75) is 58.7 Å². The van der Waals surface area contributed by atoms with E-state index in [2.05, 4.69) is 15.8 Å². The van der Waals surface area contributed by atoms with Gasteiger partial charge in [0.1, 0.15) is 18.9 Å². The number of carbonyl (C=O) groups is 2. The lowest BCUT2D eigenvalue weighted by atomic mass is 9.97. The third-order valence-electron chi connectivity index (χ3n) is 3.98. The second-order valence-corrected chi connectivity index (χ2v) is 6.94. The first-order valence-corrected chi connectivity index (χ1v) is 8.37. The summed E-state index contributed by atoms with van der Waals surface area (Å²) in [4.78, 5) is 43.3. The molecule has 1 heterocycles. The number of hydroxylamine groups is 1. The van der Waals surface area contributed by atoms with E-state index in [1.807, 2.05) is 6.92 Å². The third kappa shape index (κ3) is 5.97. The molecule has 1 aromatic heterocycles. The van der Waals surface area contributed by atoms with Gasteiger partial charge in [0.15, 0.2) is 11.6 Å². The summed E-state index contributed by atoms with van der Waals surface area (Å²) in [5.74, 6) is -0.585. The smallest absolute Gasteiger partial charge is 0.390 e. The van der Waals surface area contributed by atoms with Crippen LogP contribution in [0.25, 0.3) is 0 Å². The van der Waals surface area contributed by atoms with Gasteiger partial charge in [-0.05, 0) is 32.6 Å². The van der Waals surface area contributed by atoms with Gasteiger partial charge in [-0.2, -0.15) is 5.48 Å². The molecule has 1 aromatic rings. The van der Waals surface area contributed by atoms with E-state index in [-0.39, 0.29) is 30.7 Å². The van der Waals surface area contributed by atoms with Crippen LogP contribution in [0.15, 0.2) is 12.4 Å². The zero-order valence-corrected chi connectivity index (χ0v) is 15.9. The molecule has 10 nitrogen and oxygen atoms in total. The van der Waals surface area contributed by atoms with Gasteiger partial charge in [0.2, 0.25) is 0 Å². The van der Waals surface area contributed by atoms with Gasteiger partial charge >= 0.3 is 5.95 Å². The minimum atomic E-state index is -1.05. The van der Waals surface area contributed by atoms with Gasteiger partial charge in [0, 0.05) is 13.0 Å². The largest absolute Gasteiger partial charge is 0.434 e. The van der Waals surface area contributed by atoms with Crippen LogP contribution < -0.4 is 10.8 Å². The van der Waals surface area contributed by atoms with Gasteiger partial charge < -0.3 is 15.4 Å². The summed E-state index contributed by atoms with van der Waals surface area (Å²) in [6.07, 6.45) is 3.10. The second-order valence-electron chi connectivity index (χ2n) is 6.94. The Morgan fingerprint density at radius 2 is 1.92 bits per heavy atom. The molecule has 0 saturated carbocycles. The molecule has 10 heteroatoms. The number of hydrogen-bond acceptors (Lipinski definition) is 8. The summed E-state index contributed by atoms with van der Waals surface area (Å²) < 4.78 is 1.17. The number of hydrogen-bond donors (Lipinski definition) is 2. The molecule has 0 radical (unpaired) electrons. The fraction of sp³-hybridized carbons (Fsp3) is 0.688. The molecule has 0 saturated heterocycles. The molecule has 1 rings (SSSR count). The molecule has 0 atom stereocenters. The van der Waals surface area contributed by atoms with Crippen molar-refractivity contribution in [2.24, 2.45) is 0 Å². The second kappa shape index (κ2) is 8.97. The molecule has 0 aliphatic heterocycles. The van der Waals surface area contributed by atoms with E-state index in [1.165, 1.54) is 17.0 Å². The highest BCUT2D eigenvalue weighted by Gasteiger charge is 2.31. The minimum Gasteiger partial charge on any atom is -0.390 e. The maximum atomic E-state index is 12.4. The summed E-state index contributed by atoms with van der Waals surface area (Å²) >= 11 is 0. The minimum absolute atomic E-state index is 0.0999. The maximum Gasteiger partial charge on any atom is 0.434 e. The molecule has 0 aliphatic rings. The molecular formula is C16H27N5O5. The van der Waals surface area contributed by atoms with Crippen molar-refractivity contribution in [1.29, 1.82) is 0 Å². The summed E-state index contributed by atoms with van der Waals surface area (Å²) in [5, 5.41) is 13.9. The molecule has 0 fully saturated rings. The number of carbonyl (C=O) groups excluding carboxylic acids is 2. The van der Waals surface area contributed by atoms with Crippen LogP contribution in [0.1, 0.15) is 41.0 Å². The summed E-state index contributed by atoms with van der Waals surface area (Å²) in [7, 11) is 0. The van der Waals surface area contributed by atoms with Crippen LogP contribution in [0.4, 0.5) is 5.95 Å². The predicted octanol–water partition coefficient (Wildman–Crippen LogP) is 1.01. The number of aromatic nitrogens is 2. The topological polar surface area (TPSA) is 128 Å². The van der Waals surface area contributed by atoms with Gasteiger partial charge in [-0.15, -0.1) is 0 Å². The zero-order chi connectivity index (χ0) is 20.0. The van der Waals surface area contributed by atoms with E-state index in [0.29, 0.717) is 13.0 Å². The van der Waals surface area contributed by atoms with Crippen LogP contribution in [0.2, 0.25) is 0 Å². The Morgan fingerprint density at radius 1 is 1.27 bits per heavy atom. The highest BCUT2D eigenvalue weighted by Crippen LogP contribution is 2.12. The van der Waals surface area contributed by atoms with Crippen molar-refractivity contribution < 1.29 is 19.3 Å². The third-order valence-corrected chi connectivity index (χ3v) is 3.98. The summed E-state index contributed by atoms with van der Waals surface area (Å²) in [6.45, 7) is 9.12. The van der Waals surface area contributed by atoms with Crippen molar-refractivity contribution in [1.82, 2.24) is 20.3 Å². The molecule has 0 unspecified atom stereocenters. The lowest BCUT2D eigenvalue weighted by Gasteiger charge is -2.26.